The molecule has 1 unspecified atom stereocenters. The van der Waals surface area contributed by atoms with Gasteiger partial charge in [-0.2, -0.15) is 5.10 Å². The number of nitrogens with zero attached hydrogens (tertiary/aromatic N) is 3. The van der Waals surface area contributed by atoms with Crippen LogP contribution in [0.25, 0.3) is 11.0 Å². The topological polar surface area (TPSA) is 101 Å². The summed E-state index contributed by atoms with van der Waals surface area (Å²) < 4.78 is 6.81. The van der Waals surface area contributed by atoms with E-state index in [2.05, 4.69) is 10.1 Å². The first-order chi connectivity index (χ1) is 8.72. The number of rotatable bonds is 2. The molecule has 0 saturated carbocycles. The van der Waals surface area contributed by atoms with E-state index >= 15 is 0 Å². The lowest BCUT2D eigenvalue weighted by atomic mass is 10.1. The molecule has 18 heavy (non-hydrogen) atoms. The van der Waals surface area contributed by atoms with Crippen LogP contribution in [0.15, 0.2) is 24.5 Å². The molecule has 7 nitrogen and oxygen atoms in total. The maximum Gasteiger partial charge on any atom is 0.181 e. The van der Waals surface area contributed by atoms with Gasteiger partial charge in [0.05, 0.1) is 12.8 Å². The number of fused-ring (bicyclic) bond motifs is 1. The highest BCUT2D eigenvalue weighted by molar-refractivity contribution is 5.74. The Balaban J connectivity index is 2.00. The number of pyridine rings is 1. The molecule has 0 aliphatic carbocycles. The lowest BCUT2D eigenvalue weighted by Gasteiger charge is -2.15. The Kier molecular flexibility index (Phi) is 2.75. The quantitative estimate of drug-likeness (QED) is 0.635. The highest BCUT2D eigenvalue weighted by atomic mass is 16.6. The van der Waals surface area contributed by atoms with E-state index < -0.39 is 24.5 Å². The number of aliphatic hydroxyl groups excluding tert-OH is 3. The van der Waals surface area contributed by atoms with Crippen molar-refractivity contribution in [3.05, 3.63) is 24.5 Å². The minimum atomic E-state index is -1.15. The first-order valence-corrected chi connectivity index (χ1v) is 5.63. The Bertz CT molecular complexity index is 558. The fourth-order valence-corrected chi connectivity index (χ4v) is 2.15. The molecule has 1 saturated heterocycles. The number of ether oxygens (including phenoxy) is 1. The molecule has 1 aliphatic heterocycles. The number of hydrogen-bond acceptors (Lipinski definition) is 6. The minimum absolute atomic E-state index is 0.360. The summed E-state index contributed by atoms with van der Waals surface area (Å²) in [5.41, 5.74) is 0.562. The average molecular weight is 251 g/mol. The number of aliphatic hydroxyl groups is 3. The Labute approximate surface area is 102 Å². The molecule has 3 heterocycles. The lowest BCUT2D eigenvalue weighted by Crippen LogP contribution is -2.33. The number of aromatic nitrogens is 3. The van der Waals surface area contributed by atoms with Gasteiger partial charge in [-0.3, -0.25) is 0 Å². The van der Waals surface area contributed by atoms with Crippen molar-refractivity contribution in [2.45, 2.75) is 24.5 Å². The Morgan fingerprint density at radius 2 is 2.17 bits per heavy atom. The van der Waals surface area contributed by atoms with Gasteiger partial charge in [-0.25, -0.2) is 9.67 Å². The molecule has 3 rings (SSSR count). The van der Waals surface area contributed by atoms with Gasteiger partial charge in [0, 0.05) is 11.6 Å². The van der Waals surface area contributed by atoms with E-state index in [1.54, 1.807) is 18.5 Å². The van der Waals surface area contributed by atoms with Gasteiger partial charge in [-0.15, -0.1) is 0 Å². The SMILES string of the molecule is OC[C@H]1OC(n2ncc3cccnc32)[C@H](O)[C@@H]1O. The normalized spacial score (nSPS) is 32.2. The van der Waals surface area contributed by atoms with Crippen LogP contribution >= 0.6 is 0 Å². The van der Waals surface area contributed by atoms with Crippen molar-refractivity contribution in [2.75, 3.05) is 6.61 Å². The molecule has 96 valence electrons. The van der Waals surface area contributed by atoms with Gasteiger partial charge < -0.3 is 20.1 Å². The fourth-order valence-electron chi connectivity index (χ4n) is 2.15. The van der Waals surface area contributed by atoms with Crippen molar-refractivity contribution in [3.63, 3.8) is 0 Å². The van der Waals surface area contributed by atoms with Crippen molar-refractivity contribution in [3.8, 4) is 0 Å². The molecule has 7 heteroatoms. The van der Waals surface area contributed by atoms with E-state index in [9.17, 15) is 10.2 Å². The smallest absolute Gasteiger partial charge is 0.181 e. The third-order valence-corrected chi connectivity index (χ3v) is 3.11. The predicted octanol–water partition coefficient (Wildman–Crippen LogP) is -0.957. The molecule has 0 radical (unpaired) electrons. The minimum Gasteiger partial charge on any atom is -0.394 e. The van der Waals surface area contributed by atoms with Gasteiger partial charge in [0.15, 0.2) is 11.9 Å². The summed E-state index contributed by atoms with van der Waals surface area (Å²) in [5, 5.41) is 33.6. The monoisotopic (exact) mass is 251 g/mol. The molecule has 3 N–H and O–H groups in total. The Morgan fingerprint density at radius 3 is 2.89 bits per heavy atom. The highest BCUT2D eigenvalue weighted by Crippen LogP contribution is 2.30. The number of hydrogen-bond donors (Lipinski definition) is 3. The molecule has 2 aromatic heterocycles. The summed E-state index contributed by atoms with van der Waals surface area (Å²) in [5.74, 6) is 0. The molecule has 1 aliphatic rings. The standard InChI is InChI=1S/C11H13N3O4/c15-5-7-8(16)9(17)11(18-7)14-10-6(4-13-14)2-1-3-12-10/h1-4,7-9,11,15-17H,5H2/t7-,8-,9-,11?/m1/s1. The molecule has 4 atom stereocenters. The van der Waals surface area contributed by atoms with Crippen LogP contribution in [0.1, 0.15) is 6.23 Å². The van der Waals surface area contributed by atoms with Crippen LogP contribution in [0.4, 0.5) is 0 Å². The second-order valence-corrected chi connectivity index (χ2v) is 4.23. The molecule has 2 aromatic rings. The van der Waals surface area contributed by atoms with Gasteiger partial charge in [-0.05, 0) is 12.1 Å². The zero-order valence-electron chi connectivity index (χ0n) is 9.42. The lowest BCUT2D eigenvalue weighted by molar-refractivity contribution is -0.0566. The van der Waals surface area contributed by atoms with Crippen molar-refractivity contribution < 1.29 is 20.1 Å². The van der Waals surface area contributed by atoms with Gasteiger partial charge in [-0.1, -0.05) is 0 Å². The van der Waals surface area contributed by atoms with Crippen LogP contribution in [0.3, 0.4) is 0 Å². The first kappa shape index (κ1) is 11.5. The van der Waals surface area contributed by atoms with E-state index in [0.29, 0.717) is 5.65 Å². The van der Waals surface area contributed by atoms with Crippen LogP contribution in [0.5, 0.6) is 0 Å². The molecule has 1 fully saturated rings. The maximum atomic E-state index is 9.92. The molecule has 0 spiro atoms. The van der Waals surface area contributed by atoms with Gasteiger partial charge in [0.1, 0.15) is 18.3 Å². The molecular formula is C11H13N3O4. The average Bonchev–Trinajstić information content (AvgIpc) is 2.93. The zero-order valence-corrected chi connectivity index (χ0v) is 9.42. The summed E-state index contributed by atoms with van der Waals surface area (Å²) >= 11 is 0. The van der Waals surface area contributed by atoms with Crippen LogP contribution in [-0.2, 0) is 4.74 Å². The second-order valence-electron chi connectivity index (χ2n) is 4.23. The summed E-state index contributed by atoms with van der Waals surface area (Å²) in [6, 6.07) is 3.62. The summed E-state index contributed by atoms with van der Waals surface area (Å²) in [6.07, 6.45) is -0.716. The highest BCUT2D eigenvalue weighted by Gasteiger charge is 2.44. The third-order valence-electron chi connectivity index (χ3n) is 3.11. The van der Waals surface area contributed by atoms with E-state index in [4.69, 9.17) is 9.84 Å². The molecular weight excluding hydrogens is 238 g/mol. The largest absolute Gasteiger partial charge is 0.394 e. The van der Waals surface area contributed by atoms with Crippen LogP contribution in [0, 0.1) is 0 Å². The Morgan fingerprint density at radius 1 is 1.33 bits per heavy atom. The molecule has 0 amide bonds. The molecule has 0 aromatic carbocycles. The summed E-state index contributed by atoms with van der Waals surface area (Å²) in [4.78, 5) is 4.16. The van der Waals surface area contributed by atoms with Crippen molar-refractivity contribution in [1.29, 1.82) is 0 Å². The summed E-state index contributed by atoms with van der Waals surface area (Å²) in [7, 11) is 0. The van der Waals surface area contributed by atoms with Crippen LogP contribution in [0.2, 0.25) is 0 Å². The van der Waals surface area contributed by atoms with Crippen molar-refractivity contribution in [2.24, 2.45) is 0 Å². The maximum absolute atomic E-state index is 9.92. The van der Waals surface area contributed by atoms with Crippen LogP contribution in [-0.4, -0.2) is 55.0 Å². The van der Waals surface area contributed by atoms with E-state index in [1.807, 2.05) is 6.07 Å². The van der Waals surface area contributed by atoms with Crippen molar-refractivity contribution in [1.82, 2.24) is 14.8 Å². The van der Waals surface area contributed by atoms with Crippen LogP contribution < -0.4 is 0 Å². The fraction of sp³-hybridized carbons (Fsp3) is 0.455. The van der Waals surface area contributed by atoms with Gasteiger partial charge in [0.25, 0.3) is 0 Å². The molecule has 0 bridgehead atoms. The van der Waals surface area contributed by atoms with Crippen molar-refractivity contribution >= 4 is 11.0 Å². The zero-order chi connectivity index (χ0) is 12.7. The van der Waals surface area contributed by atoms with Gasteiger partial charge >= 0.3 is 0 Å². The van der Waals surface area contributed by atoms with E-state index in [0.717, 1.165) is 5.39 Å². The Hall–Kier alpha value is -1.54. The van der Waals surface area contributed by atoms with Gasteiger partial charge in [0.2, 0.25) is 0 Å². The second kappa shape index (κ2) is 4.29. The van der Waals surface area contributed by atoms with E-state index in [-0.39, 0.29) is 6.61 Å². The summed E-state index contributed by atoms with van der Waals surface area (Å²) in [6.45, 7) is -0.360. The first-order valence-electron chi connectivity index (χ1n) is 5.63. The van der Waals surface area contributed by atoms with E-state index in [1.165, 1.54) is 4.68 Å². The third kappa shape index (κ3) is 1.60. The predicted molar refractivity (Wildman–Crippen MR) is 60.5 cm³/mol.